The summed E-state index contributed by atoms with van der Waals surface area (Å²) in [6.45, 7) is 8.91. The van der Waals surface area contributed by atoms with Crippen molar-refractivity contribution >= 4 is 44.6 Å². The molecule has 2 aromatic rings. The fourth-order valence-corrected chi connectivity index (χ4v) is 3.32. The Labute approximate surface area is 177 Å². The molecular weight excluding hydrogens is 442 g/mol. The Balaban J connectivity index is 0.00000204. The van der Waals surface area contributed by atoms with E-state index in [0.717, 1.165) is 0 Å². The second-order valence-electron chi connectivity index (χ2n) is 5.88. The van der Waals surface area contributed by atoms with E-state index in [2.05, 4.69) is 20.9 Å². The highest BCUT2D eigenvalue weighted by molar-refractivity contribution is 9.10. The summed E-state index contributed by atoms with van der Waals surface area (Å²) in [5.74, 6) is -4.31. The van der Waals surface area contributed by atoms with Gasteiger partial charge in [0.05, 0.1) is 18.7 Å². The fraction of sp³-hybridized carbons (Fsp3) is 0.429. The van der Waals surface area contributed by atoms with Gasteiger partial charge in [-0.15, -0.1) is 0 Å². The lowest BCUT2D eigenvalue weighted by molar-refractivity contribution is -0.163. The van der Waals surface area contributed by atoms with Crippen LogP contribution in [0.15, 0.2) is 33.5 Å². The van der Waals surface area contributed by atoms with E-state index in [1.807, 2.05) is 13.8 Å². The van der Waals surface area contributed by atoms with Gasteiger partial charge in [-0.1, -0.05) is 20.8 Å². The number of carbonyl (C=O) groups excluding carboxylic acids is 3. The molecule has 1 unspecified atom stereocenters. The van der Waals surface area contributed by atoms with Crippen LogP contribution in [-0.4, -0.2) is 35.9 Å². The molecule has 0 aliphatic rings. The molecule has 1 aromatic heterocycles. The number of ketones is 1. The predicted octanol–water partition coefficient (Wildman–Crippen LogP) is 3.88. The van der Waals surface area contributed by atoms with Crippen LogP contribution < -0.4 is 5.56 Å². The smallest absolute Gasteiger partial charge is 0.321 e. The number of rotatable bonds is 7. The predicted molar refractivity (Wildman–Crippen MR) is 114 cm³/mol. The zero-order chi connectivity index (χ0) is 22.1. The molecule has 29 heavy (non-hydrogen) atoms. The molecule has 0 fully saturated rings. The lowest BCUT2D eigenvalue weighted by Gasteiger charge is -2.20. The lowest BCUT2D eigenvalue weighted by Crippen LogP contribution is -2.37. The van der Waals surface area contributed by atoms with Crippen molar-refractivity contribution in [3.63, 3.8) is 0 Å². The molecule has 0 radical (unpaired) electrons. The van der Waals surface area contributed by atoms with E-state index in [0.29, 0.717) is 20.9 Å². The summed E-state index contributed by atoms with van der Waals surface area (Å²) >= 11 is 3.34. The summed E-state index contributed by atoms with van der Waals surface area (Å²) in [7, 11) is 0. The first-order valence-corrected chi connectivity index (χ1v) is 10.3. The van der Waals surface area contributed by atoms with Crippen LogP contribution in [0.5, 0.6) is 0 Å². The topological polar surface area (TPSA) is 103 Å². The van der Waals surface area contributed by atoms with Crippen molar-refractivity contribution in [2.24, 2.45) is 11.8 Å². The number of hydrogen-bond acceptors (Lipinski definition) is 6. The first kappa shape index (κ1) is 24.6. The second-order valence-corrected chi connectivity index (χ2v) is 6.73. The number of fused-ring (bicyclic) bond motifs is 1. The van der Waals surface area contributed by atoms with E-state index >= 15 is 0 Å². The van der Waals surface area contributed by atoms with Crippen molar-refractivity contribution < 1.29 is 23.9 Å². The summed E-state index contributed by atoms with van der Waals surface area (Å²) in [5, 5.41) is 0.642. The van der Waals surface area contributed by atoms with E-state index in [9.17, 15) is 19.2 Å². The Bertz CT molecular complexity index is 918. The molecule has 1 N–H and O–H groups in total. The van der Waals surface area contributed by atoms with Crippen LogP contribution in [0.4, 0.5) is 0 Å². The SMILES string of the molecule is CC.CCOC(=O)C(C(=O)OCC)C(C)C(=O)c1cc(Br)c2[nH]c(=O)ccc2c1. The number of ether oxygens (including phenoxy) is 2. The van der Waals surface area contributed by atoms with E-state index in [1.165, 1.54) is 13.0 Å². The van der Waals surface area contributed by atoms with Gasteiger partial charge in [0.15, 0.2) is 11.7 Å². The zero-order valence-corrected chi connectivity index (χ0v) is 18.8. The summed E-state index contributed by atoms with van der Waals surface area (Å²) in [6, 6.07) is 6.09. The third kappa shape index (κ3) is 6.00. The summed E-state index contributed by atoms with van der Waals surface area (Å²) in [6.07, 6.45) is 0. The number of Topliss-reactive ketones (excluding diaryl/α,β-unsaturated/α-hetero) is 1. The van der Waals surface area contributed by atoms with Gasteiger partial charge in [0, 0.05) is 27.4 Å². The zero-order valence-electron chi connectivity index (χ0n) is 17.2. The monoisotopic (exact) mass is 467 g/mol. The molecule has 2 rings (SSSR count). The maximum Gasteiger partial charge on any atom is 0.321 e. The van der Waals surface area contributed by atoms with E-state index in [1.54, 1.807) is 32.0 Å². The molecule has 1 aromatic carbocycles. The standard InChI is InChI=1S/C19H20BrNO6.C2H6/c1-4-26-18(24)15(19(25)27-5-2)10(3)17(23)12-8-11-6-7-14(22)21-16(11)13(20)9-12;1-2/h6-10,15H,4-5H2,1-3H3,(H,21,22);1-2H3. The Hall–Kier alpha value is -2.48. The minimum absolute atomic E-state index is 0.0878. The molecule has 0 saturated carbocycles. The van der Waals surface area contributed by atoms with Crippen molar-refractivity contribution in [3.8, 4) is 0 Å². The number of hydrogen-bond donors (Lipinski definition) is 1. The molecule has 0 saturated heterocycles. The fourth-order valence-electron chi connectivity index (χ4n) is 2.75. The first-order valence-electron chi connectivity index (χ1n) is 9.50. The summed E-state index contributed by atoms with van der Waals surface area (Å²) in [5.41, 5.74) is 0.590. The maximum absolute atomic E-state index is 13.0. The van der Waals surface area contributed by atoms with Crippen LogP contribution in [-0.2, 0) is 19.1 Å². The molecule has 8 heteroatoms. The van der Waals surface area contributed by atoms with Crippen molar-refractivity contribution in [2.45, 2.75) is 34.6 Å². The van der Waals surface area contributed by atoms with E-state index < -0.39 is 29.6 Å². The first-order chi connectivity index (χ1) is 13.8. The number of H-pyrrole nitrogens is 1. The number of carbonyl (C=O) groups is 3. The Morgan fingerprint density at radius 3 is 2.10 bits per heavy atom. The highest BCUT2D eigenvalue weighted by atomic mass is 79.9. The number of benzene rings is 1. The molecule has 0 bridgehead atoms. The van der Waals surface area contributed by atoms with E-state index in [-0.39, 0.29) is 18.8 Å². The largest absolute Gasteiger partial charge is 0.465 e. The minimum Gasteiger partial charge on any atom is -0.465 e. The number of aromatic amines is 1. The Kier molecular flexibility index (Phi) is 9.74. The minimum atomic E-state index is -1.34. The van der Waals surface area contributed by atoms with Gasteiger partial charge in [-0.2, -0.15) is 0 Å². The normalized spacial score (nSPS) is 11.4. The molecule has 1 heterocycles. The lowest BCUT2D eigenvalue weighted by atomic mass is 9.86. The summed E-state index contributed by atoms with van der Waals surface area (Å²) in [4.78, 5) is 51.6. The van der Waals surface area contributed by atoms with Crippen LogP contribution in [0.3, 0.4) is 0 Å². The van der Waals surface area contributed by atoms with Gasteiger partial charge in [0.25, 0.3) is 0 Å². The van der Waals surface area contributed by atoms with Crippen LogP contribution >= 0.6 is 15.9 Å². The quantitative estimate of drug-likeness (QED) is 0.376. The number of aromatic nitrogens is 1. The van der Waals surface area contributed by atoms with Crippen molar-refractivity contribution in [1.29, 1.82) is 0 Å². The maximum atomic E-state index is 13.0. The Morgan fingerprint density at radius 2 is 1.59 bits per heavy atom. The van der Waals surface area contributed by atoms with Gasteiger partial charge in [-0.25, -0.2) is 0 Å². The molecular formula is C21H26BrNO6. The van der Waals surface area contributed by atoms with Crippen molar-refractivity contribution in [2.75, 3.05) is 13.2 Å². The molecule has 7 nitrogen and oxygen atoms in total. The average Bonchev–Trinajstić information content (AvgIpc) is 2.70. The molecule has 0 amide bonds. The van der Waals surface area contributed by atoms with Crippen LogP contribution in [0, 0.1) is 11.8 Å². The van der Waals surface area contributed by atoms with Gasteiger partial charge in [-0.3, -0.25) is 19.2 Å². The number of halogens is 1. The molecule has 1 atom stereocenters. The van der Waals surface area contributed by atoms with E-state index in [4.69, 9.17) is 9.47 Å². The summed E-state index contributed by atoms with van der Waals surface area (Å²) < 4.78 is 10.4. The van der Waals surface area contributed by atoms with Gasteiger partial charge in [0.2, 0.25) is 5.56 Å². The van der Waals surface area contributed by atoms with Crippen LogP contribution in [0.25, 0.3) is 10.9 Å². The molecule has 0 aliphatic heterocycles. The van der Waals surface area contributed by atoms with Crippen LogP contribution in [0.1, 0.15) is 45.0 Å². The Morgan fingerprint density at radius 1 is 1.03 bits per heavy atom. The molecule has 0 spiro atoms. The molecule has 0 aliphatic carbocycles. The van der Waals surface area contributed by atoms with Crippen LogP contribution in [0.2, 0.25) is 0 Å². The van der Waals surface area contributed by atoms with Crippen molar-refractivity contribution in [3.05, 3.63) is 44.7 Å². The highest BCUT2D eigenvalue weighted by Gasteiger charge is 2.39. The third-order valence-electron chi connectivity index (χ3n) is 4.06. The highest BCUT2D eigenvalue weighted by Crippen LogP contribution is 2.27. The van der Waals surface area contributed by atoms with Gasteiger partial charge in [0.1, 0.15) is 0 Å². The third-order valence-corrected chi connectivity index (χ3v) is 4.69. The average molecular weight is 468 g/mol. The van der Waals surface area contributed by atoms with Gasteiger partial charge in [-0.05, 0) is 48.0 Å². The van der Waals surface area contributed by atoms with Gasteiger partial charge >= 0.3 is 11.9 Å². The number of esters is 2. The van der Waals surface area contributed by atoms with Crippen molar-refractivity contribution in [1.82, 2.24) is 4.98 Å². The number of pyridine rings is 1. The van der Waals surface area contributed by atoms with Gasteiger partial charge < -0.3 is 14.5 Å². The molecule has 158 valence electrons. The second kappa shape index (κ2) is 11.5. The number of nitrogens with one attached hydrogen (secondary N) is 1.